The Bertz CT molecular complexity index is 1600. The number of nitrogens with one attached hydrogen (secondary N) is 1. The van der Waals surface area contributed by atoms with E-state index in [2.05, 4.69) is 10.3 Å². The third kappa shape index (κ3) is 5.15. The zero-order valence-electron chi connectivity index (χ0n) is 20.9. The van der Waals surface area contributed by atoms with Gasteiger partial charge in [-0.1, -0.05) is 12.1 Å². The number of sulfone groups is 1. The van der Waals surface area contributed by atoms with Crippen molar-refractivity contribution in [3.05, 3.63) is 68.7 Å². The fourth-order valence-electron chi connectivity index (χ4n) is 5.52. The minimum atomic E-state index is -3.58. The molecule has 1 aliphatic carbocycles. The Morgan fingerprint density at radius 3 is 2.37 bits per heavy atom. The lowest BCUT2D eigenvalue weighted by atomic mass is 9.90. The van der Waals surface area contributed by atoms with Gasteiger partial charge < -0.3 is 5.32 Å². The van der Waals surface area contributed by atoms with E-state index in [1.807, 2.05) is 11.8 Å². The average molecular weight is 561 g/mol. The SMILES string of the molecule is CS(=O)(=O)c1ccccc1C(=O)N[C@H]1CC[C@@H](n2c(=O)c3cc(F)cnc3n(C3CCSCC3)c2=O)CC1. The summed E-state index contributed by atoms with van der Waals surface area (Å²) in [6.45, 7) is 0. The topological polar surface area (TPSA) is 120 Å². The van der Waals surface area contributed by atoms with E-state index in [4.69, 9.17) is 0 Å². The summed E-state index contributed by atoms with van der Waals surface area (Å²) in [5.74, 6) is 0.682. The van der Waals surface area contributed by atoms with Gasteiger partial charge in [0.2, 0.25) is 0 Å². The van der Waals surface area contributed by atoms with Crippen molar-refractivity contribution in [3.63, 3.8) is 0 Å². The van der Waals surface area contributed by atoms with E-state index in [1.54, 1.807) is 16.7 Å². The van der Waals surface area contributed by atoms with E-state index in [-0.39, 0.29) is 33.6 Å². The van der Waals surface area contributed by atoms with Crippen molar-refractivity contribution in [2.24, 2.45) is 0 Å². The Labute approximate surface area is 223 Å². The quantitative estimate of drug-likeness (QED) is 0.509. The van der Waals surface area contributed by atoms with Crippen molar-refractivity contribution in [3.8, 4) is 0 Å². The van der Waals surface area contributed by atoms with Gasteiger partial charge in [0, 0.05) is 24.4 Å². The molecule has 2 fully saturated rings. The van der Waals surface area contributed by atoms with Gasteiger partial charge in [0.15, 0.2) is 9.84 Å². The summed E-state index contributed by atoms with van der Waals surface area (Å²) < 4.78 is 41.1. The number of thioether (sulfide) groups is 1. The Balaban J connectivity index is 1.41. The van der Waals surface area contributed by atoms with Gasteiger partial charge >= 0.3 is 5.69 Å². The molecule has 0 atom stereocenters. The number of nitrogens with zero attached hydrogens (tertiary/aromatic N) is 3. The Morgan fingerprint density at radius 2 is 1.68 bits per heavy atom. The Morgan fingerprint density at radius 1 is 1.03 bits per heavy atom. The largest absolute Gasteiger partial charge is 0.349 e. The molecule has 0 radical (unpaired) electrons. The van der Waals surface area contributed by atoms with Crippen LogP contribution >= 0.6 is 11.8 Å². The van der Waals surface area contributed by atoms with Crippen LogP contribution in [-0.2, 0) is 9.84 Å². The van der Waals surface area contributed by atoms with Gasteiger partial charge in [0.05, 0.1) is 22.0 Å². The molecule has 0 bridgehead atoms. The first kappa shape index (κ1) is 26.6. The third-order valence-electron chi connectivity index (χ3n) is 7.41. The normalized spacial score (nSPS) is 20.9. The maximum Gasteiger partial charge on any atom is 0.333 e. The van der Waals surface area contributed by atoms with Crippen molar-refractivity contribution < 1.29 is 17.6 Å². The number of carbonyl (C=O) groups is 1. The van der Waals surface area contributed by atoms with E-state index in [1.165, 1.54) is 16.7 Å². The lowest BCUT2D eigenvalue weighted by Gasteiger charge is -2.31. The highest BCUT2D eigenvalue weighted by atomic mass is 32.2. The number of hydrogen-bond acceptors (Lipinski definition) is 7. The second kappa shape index (κ2) is 10.6. The van der Waals surface area contributed by atoms with E-state index in [9.17, 15) is 27.2 Å². The van der Waals surface area contributed by atoms with Crippen LogP contribution in [0.1, 0.15) is 61.0 Å². The fourth-order valence-corrected chi connectivity index (χ4v) is 7.49. The number of halogens is 1. The first-order chi connectivity index (χ1) is 18.1. The molecule has 1 saturated carbocycles. The van der Waals surface area contributed by atoms with Crippen molar-refractivity contribution in [2.45, 2.75) is 61.5 Å². The molecule has 0 spiro atoms. The molecule has 202 valence electrons. The molecule has 0 unspecified atom stereocenters. The number of hydrogen-bond donors (Lipinski definition) is 1. The zero-order chi connectivity index (χ0) is 27.0. The maximum absolute atomic E-state index is 14.1. The minimum Gasteiger partial charge on any atom is -0.349 e. The molecule has 5 rings (SSSR count). The van der Waals surface area contributed by atoms with E-state index >= 15 is 0 Å². The van der Waals surface area contributed by atoms with Crippen LogP contribution in [0.15, 0.2) is 51.0 Å². The van der Waals surface area contributed by atoms with E-state index in [0.717, 1.165) is 42.9 Å². The molecule has 12 heteroatoms. The van der Waals surface area contributed by atoms with Crippen LogP contribution in [0.2, 0.25) is 0 Å². The molecule has 1 aliphatic heterocycles. The molecule has 2 aromatic heterocycles. The standard InChI is InChI=1S/C26H29FN4O5S2/c1-38(35,36)22-5-3-2-4-20(22)24(32)29-17-6-8-18(9-7-17)31-25(33)21-14-16(27)15-28-23(21)30(26(31)34)19-10-12-37-13-11-19/h2-5,14-15,17-19H,6-13H2,1H3,(H,29,32)/t17-,18+. The van der Waals surface area contributed by atoms with E-state index < -0.39 is 38.9 Å². The van der Waals surface area contributed by atoms with Crippen LogP contribution in [0.25, 0.3) is 11.0 Å². The summed E-state index contributed by atoms with van der Waals surface area (Å²) in [5, 5.41) is 3.01. The highest BCUT2D eigenvalue weighted by Crippen LogP contribution is 2.30. The molecule has 1 aromatic carbocycles. The Hall–Kier alpha value is -2.99. The highest BCUT2D eigenvalue weighted by molar-refractivity contribution is 7.99. The first-order valence-electron chi connectivity index (χ1n) is 12.6. The summed E-state index contributed by atoms with van der Waals surface area (Å²) in [5.41, 5.74) is -0.660. The number of benzene rings is 1. The summed E-state index contributed by atoms with van der Waals surface area (Å²) in [6.07, 6.45) is 5.56. The van der Waals surface area contributed by atoms with Gasteiger partial charge in [0.1, 0.15) is 11.5 Å². The number of fused-ring (bicyclic) bond motifs is 1. The molecule has 38 heavy (non-hydrogen) atoms. The molecule has 2 aliphatic rings. The smallest absolute Gasteiger partial charge is 0.333 e. The molecular formula is C26H29FN4O5S2. The number of rotatable bonds is 5. The zero-order valence-corrected chi connectivity index (χ0v) is 22.6. The van der Waals surface area contributed by atoms with Gasteiger partial charge in [0.25, 0.3) is 11.5 Å². The van der Waals surface area contributed by atoms with Gasteiger partial charge in [-0.2, -0.15) is 11.8 Å². The summed E-state index contributed by atoms with van der Waals surface area (Å²) in [6, 6.07) is 6.47. The van der Waals surface area contributed by atoms with Crippen LogP contribution in [0, 0.1) is 5.82 Å². The molecule has 3 heterocycles. The Kier molecular flexibility index (Phi) is 7.45. The van der Waals surface area contributed by atoms with Gasteiger partial charge in [-0.3, -0.25) is 18.7 Å². The van der Waals surface area contributed by atoms with E-state index in [0.29, 0.717) is 25.7 Å². The lowest BCUT2D eigenvalue weighted by molar-refractivity contribution is 0.0918. The van der Waals surface area contributed by atoms with Crippen LogP contribution in [0.3, 0.4) is 0 Å². The number of aromatic nitrogens is 3. The predicted molar refractivity (Wildman–Crippen MR) is 144 cm³/mol. The summed E-state index contributed by atoms with van der Waals surface area (Å²) in [4.78, 5) is 44.2. The number of carbonyl (C=O) groups excluding carboxylic acids is 1. The maximum atomic E-state index is 14.1. The fraction of sp³-hybridized carbons (Fsp3) is 0.462. The third-order valence-corrected chi connectivity index (χ3v) is 9.61. The predicted octanol–water partition coefficient (Wildman–Crippen LogP) is 3.08. The monoisotopic (exact) mass is 560 g/mol. The molecular weight excluding hydrogens is 531 g/mol. The second-order valence-electron chi connectivity index (χ2n) is 9.94. The van der Waals surface area contributed by atoms with Crippen molar-refractivity contribution in [2.75, 3.05) is 17.8 Å². The van der Waals surface area contributed by atoms with Crippen molar-refractivity contribution in [1.29, 1.82) is 0 Å². The molecule has 1 N–H and O–H groups in total. The molecule has 1 saturated heterocycles. The molecule has 9 nitrogen and oxygen atoms in total. The highest BCUT2D eigenvalue weighted by Gasteiger charge is 2.30. The number of pyridine rings is 1. The minimum absolute atomic E-state index is 0.0311. The van der Waals surface area contributed by atoms with Gasteiger partial charge in [-0.05, 0) is 68.2 Å². The molecule has 1 amide bonds. The lowest BCUT2D eigenvalue weighted by Crippen LogP contribution is -2.46. The van der Waals surface area contributed by atoms with Gasteiger partial charge in [-0.15, -0.1) is 0 Å². The van der Waals surface area contributed by atoms with Crippen LogP contribution in [-0.4, -0.2) is 52.2 Å². The average Bonchev–Trinajstić information content (AvgIpc) is 2.90. The summed E-state index contributed by atoms with van der Waals surface area (Å²) >= 11 is 1.82. The van der Waals surface area contributed by atoms with Crippen molar-refractivity contribution >= 4 is 38.5 Å². The van der Waals surface area contributed by atoms with Crippen LogP contribution in [0.5, 0.6) is 0 Å². The van der Waals surface area contributed by atoms with Crippen LogP contribution < -0.4 is 16.6 Å². The first-order valence-corrected chi connectivity index (χ1v) is 15.7. The second-order valence-corrected chi connectivity index (χ2v) is 13.2. The molecule has 3 aromatic rings. The summed E-state index contributed by atoms with van der Waals surface area (Å²) in [7, 11) is -3.58. The van der Waals surface area contributed by atoms with Gasteiger partial charge in [-0.25, -0.2) is 22.6 Å². The van der Waals surface area contributed by atoms with Crippen molar-refractivity contribution in [1.82, 2.24) is 19.4 Å². The number of amides is 1. The van der Waals surface area contributed by atoms with Crippen LogP contribution in [0.4, 0.5) is 4.39 Å².